The lowest BCUT2D eigenvalue weighted by atomic mass is 10.1. The molecule has 0 bridgehead atoms. The lowest BCUT2D eigenvalue weighted by Gasteiger charge is -2.16. The molecule has 4 heteroatoms. The largest absolute Gasteiger partial charge is 0.393 e. The second kappa shape index (κ2) is 5.57. The summed E-state index contributed by atoms with van der Waals surface area (Å²) in [6.45, 7) is 9.05. The van der Waals surface area contributed by atoms with Gasteiger partial charge in [0, 0.05) is 6.54 Å². The monoisotopic (exact) mass is 273 g/mol. The van der Waals surface area contributed by atoms with Crippen LogP contribution in [-0.4, -0.2) is 9.36 Å². The highest BCUT2D eigenvalue weighted by molar-refractivity contribution is 5.47. The van der Waals surface area contributed by atoms with Crippen molar-refractivity contribution >= 4 is 5.69 Å². The smallest absolute Gasteiger partial charge is 0.294 e. The summed E-state index contributed by atoms with van der Waals surface area (Å²) in [6.07, 6.45) is 0.957. The van der Waals surface area contributed by atoms with Crippen LogP contribution in [0.2, 0.25) is 0 Å². The van der Waals surface area contributed by atoms with Gasteiger partial charge in [-0.3, -0.25) is 9.48 Å². The second-order valence-corrected chi connectivity index (χ2v) is 5.53. The molecule has 0 radical (unpaired) electrons. The van der Waals surface area contributed by atoms with Crippen molar-refractivity contribution in [1.82, 2.24) is 9.36 Å². The Morgan fingerprint density at radius 2 is 1.80 bits per heavy atom. The van der Waals surface area contributed by atoms with Crippen LogP contribution in [0.4, 0.5) is 5.69 Å². The summed E-state index contributed by atoms with van der Waals surface area (Å²) in [5.41, 5.74) is 9.27. The Balaban J connectivity index is 2.71. The van der Waals surface area contributed by atoms with Crippen LogP contribution >= 0.6 is 0 Å². The van der Waals surface area contributed by atoms with Gasteiger partial charge in [0.2, 0.25) is 0 Å². The molecule has 0 aliphatic rings. The summed E-state index contributed by atoms with van der Waals surface area (Å²) < 4.78 is 3.72. The lowest BCUT2D eigenvalue weighted by Crippen LogP contribution is -2.22. The summed E-state index contributed by atoms with van der Waals surface area (Å²) >= 11 is 0. The minimum atomic E-state index is -0.119. The molecule has 20 heavy (non-hydrogen) atoms. The Bertz CT molecular complexity index is 648. The highest BCUT2D eigenvalue weighted by Gasteiger charge is 2.20. The lowest BCUT2D eigenvalue weighted by molar-refractivity contribution is 0.503. The molecule has 4 nitrogen and oxygen atoms in total. The molecule has 0 unspecified atom stereocenters. The quantitative estimate of drug-likeness (QED) is 0.930. The predicted molar refractivity (Wildman–Crippen MR) is 83.6 cm³/mol. The van der Waals surface area contributed by atoms with Crippen LogP contribution in [0.1, 0.15) is 44.4 Å². The van der Waals surface area contributed by atoms with Crippen LogP contribution in [0.15, 0.2) is 29.1 Å². The number of rotatable bonds is 4. The molecule has 0 aliphatic carbocycles. The highest BCUT2D eigenvalue weighted by Crippen LogP contribution is 2.22. The molecule has 0 saturated heterocycles. The van der Waals surface area contributed by atoms with E-state index >= 15 is 0 Å². The van der Waals surface area contributed by atoms with E-state index in [4.69, 9.17) is 5.73 Å². The number of hydrogen-bond donors (Lipinski definition) is 1. The highest BCUT2D eigenvalue weighted by atomic mass is 16.1. The minimum absolute atomic E-state index is 0.119. The Hall–Kier alpha value is -1.97. The second-order valence-electron chi connectivity index (χ2n) is 5.53. The normalized spacial score (nSPS) is 11.2. The van der Waals surface area contributed by atoms with Crippen molar-refractivity contribution in [2.24, 2.45) is 0 Å². The molecule has 0 atom stereocenters. The molecular weight excluding hydrogens is 250 g/mol. The van der Waals surface area contributed by atoms with Crippen LogP contribution in [-0.2, 0) is 6.54 Å². The predicted octanol–water partition coefficient (Wildman–Crippen LogP) is 3.06. The number of anilines is 1. The molecule has 0 saturated carbocycles. The maximum absolute atomic E-state index is 12.5. The molecule has 108 valence electrons. The zero-order valence-electron chi connectivity index (χ0n) is 12.7. The molecule has 0 fully saturated rings. The third-order valence-electron chi connectivity index (χ3n) is 3.48. The number of nitrogens with two attached hydrogens (primary N) is 1. The van der Waals surface area contributed by atoms with Gasteiger partial charge in [-0.1, -0.05) is 38.5 Å². The van der Waals surface area contributed by atoms with Crippen molar-refractivity contribution in [2.45, 2.75) is 46.6 Å². The number of aromatic nitrogens is 2. The summed E-state index contributed by atoms with van der Waals surface area (Å²) in [6, 6.07) is 7.95. The number of nitrogens with zero attached hydrogens (tertiary/aromatic N) is 2. The molecule has 0 amide bonds. The third kappa shape index (κ3) is 2.38. The van der Waals surface area contributed by atoms with Crippen molar-refractivity contribution in [3.8, 4) is 5.69 Å². The molecule has 1 aromatic heterocycles. The van der Waals surface area contributed by atoms with E-state index in [-0.39, 0.29) is 11.5 Å². The number of aryl methyl sites for hydroxylation is 1. The van der Waals surface area contributed by atoms with E-state index in [1.54, 1.807) is 4.68 Å². The fraction of sp³-hybridized carbons (Fsp3) is 0.438. The minimum Gasteiger partial charge on any atom is -0.393 e. The van der Waals surface area contributed by atoms with Gasteiger partial charge in [-0.05, 0) is 31.4 Å². The zero-order chi connectivity index (χ0) is 14.9. The molecule has 0 aliphatic heterocycles. The Morgan fingerprint density at radius 1 is 1.20 bits per heavy atom. The fourth-order valence-electron chi connectivity index (χ4n) is 2.56. The molecule has 1 heterocycles. The van der Waals surface area contributed by atoms with Crippen LogP contribution in [0, 0.1) is 6.92 Å². The van der Waals surface area contributed by atoms with E-state index in [1.807, 2.05) is 35.9 Å². The molecule has 2 N–H and O–H groups in total. The number of benzene rings is 1. The van der Waals surface area contributed by atoms with Gasteiger partial charge in [-0.25, -0.2) is 4.68 Å². The molecule has 1 aromatic carbocycles. The third-order valence-corrected chi connectivity index (χ3v) is 3.48. The van der Waals surface area contributed by atoms with Crippen molar-refractivity contribution in [1.29, 1.82) is 0 Å². The maximum Gasteiger partial charge on any atom is 0.294 e. The average Bonchev–Trinajstić information content (AvgIpc) is 2.64. The van der Waals surface area contributed by atoms with E-state index < -0.39 is 0 Å². The van der Waals surface area contributed by atoms with Gasteiger partial charge in [0.1, 0.15) is 5.69 Å². The molecule has 2 rings (SSSR count). The van der Waals surface area contributed by atoms with Gasteiger partial charge >= 0.3 is 0 Å². The van der Waals surface area contributed by atoms with E-state index in [9.17, 15) is 4.79 Å². The van der Waals surface area contributed by atoms with Gasteiger partial charge < -0.3 is 5.73 Å². The standard InChI is InChI=1S/C16H23N3O/c1-5-10-18-15(11(2)3)14(17)16(20)19(18)13-8-6-12(4)7-9-13/h6-9,11H,5,10,17H2,1-4H3. The Kier molecular flexibility index (Phi) is 4.02. The van der Waals surface area contributed by atoms with E-state index in [0.29, 0.717) is 5.69 Å². The first-order valence-electron chi connectivity index (χ1n) is 7.15. The van der Waals surface area contributed by atoms with Crippen LogP contribution < -0.4 is 11.3 Å². The zero-order valence-corrected chi connectivity index (χ0v) is 12.7. The fourth-order valence-corrected chi connectivity index (χ4v) is 2.56. The van der Waals surface area contributed by atoms with Crippen molar-refractivity contribution in [3.63, 3.8) is 0 Å². The SMILES string of the molecule is CCCn1c(C(C)C)c(N)c(=O)n1-c1ccc(C)cc1. The Morgan fingerprint density at radius 3 is 2.30 bits per heavy atom. The van der Waals surface area contributed by atoms with Gasteiger partial charge in [-0.2, -0.15) is 0 Å². The summed E-state index contributed by atoms with van der Waals surface area (Å²) in [7, 11) is 0. The first kappa shape index (κ1) is 14.4. The number of hydrogen-bond acceptors (Lipinski definition) is 2. The van der Waals surface area contributed by atoms with E-state index in [2.05, 4.69) is 20.8 Å². The van der Waals surface area contributed by atoms with Crippen LogP contribution in [0.5, 0.6) is 0 Å². The molecule has 2 aromatic rings. The van der Waals surface area contributed by atoms with Gasteiger partial charge in [0.05, 0.1) is 11.4 Å². The average molecular weight is 273 g/mol. The molecule has 0 spiro atoms. The van der Waals surface area contributed by atoms with Crippen molar-refractivity contribution < 1.29 is 0 Å². The topological polar surface area (TPSA) is 52.9 Å². The summed E-state index contributed by atoms with van der Waals surface area (Å²) in [5, 5.41) is 0. The first-order valence-corrected chi connectivity index (χ1v) is 7.15. The van der Waals surface area contributed by atoms with E-state index in [0.717, 1.165) is 24.3 Å². The number of nitrogen functional groups attached to an aromatic ring is 1. The summed E-state index contributed by atoms with van der Waals surface area (Å²) in [5.74, 6) is 0.223. The van der Waals surface area contributed by atoms with E-state index in [1.165, 1.54) is 5.56 Å². The Labute approximate surface area is 119 Å². The maximum atomic E-state index is 12.5. The summed E-state index contributed by atoms with van der Waals surface area (Å²) in [4.78, 5) is 12.5. The van der Waals surface area contributed by atoms with Crippen LogP contribution in [0.25, 0.3) is 5.69 Å². The first-order chi connectivity index (χ1) is 9.47. The van der Waals surface area contributed by atoms with Gasteiger partial charge in [-0.15, -0.1) is 0 Å². The molecular formula is C16H23N3O. The van der Waals surface area contributed by atoms with Crippen molar-refractivity contribution in [3.05, 3.63) is 45.9 Å². The van der Waals surface area contributed by atoms with Crippen LogP contribution in [0.3, 0.4) is 0 Å². The van der Waals surface area contributed by atoms with Gasteiger partial charge in [0.15, 0.2) is 0 Å². The van der Waals surface area contributed by atoms with Gasteiger partial charge in [0.25, 0.3) is 5.56 Å². The van der Waals surface area contributed by atoms with Crippen molar-refractivity contribution in [2.75, 3.05) is 5.73 Å².